The van der Waals surface area contributed by atoms with Gasteiger partial charge < -0.3 is 0 Å². The van der Waals surface area contributed by atoms with Gasteiger partial charge in [-0.2, -0.15) is 0 Å². The van der Waals surface area contributed by atoms with Crippen LogP contribution in [0.2, 0.25) is 0 Å². The summed E-state index contributed by atoms with van der Waals surface area (Å²) in [6, 6.07) is 0. The lowest BCUT2D eigenvalue weighted by atomic mass is 9.96. The molecule has 1 aliphatic heterocycles. The number of hydrogen-bond donors (Lipinski definition) is 0. The highest BCUT2D eigenvalue weighted by Gasteiger charge is 2.31. The van der Waals surface area contributed by atoms with Crippen molar-refractivity contribution in [2.24, 2.45) is 11.8 Å². The summed E-state index contributed by atoms with van der Waals surface area (Å²) < 4.78 is 25.1. The van der Waals surface area contributed by atoms with Crippen LogP contribution in [0.25, 0.3) is 0 Å². The van der Waals surface area contributed by atoms with Crippen molar-refractivity contribution < 1.29 is 8.42 Å². The summed E-state index contributed by atoms with van der Waals surface area (Å²) >= 11 is 0. The number of sulfonamides is 1. The van der Waals surface area contributed by atoms with Gasteiger partial charge in [0.2, 0.25) is 10.0 Å². The minimum Gasteiger partial charge on any atom is -0.212 e. The summed E-state index contributed by atoms with van der Waals surface area (Å²) in [6.07, 6.45) is 1.74. The zero-order valence-corrected chi connectivity index (χ0v) is 10.2. The van der Waals surface area contributed by atoms with Gasteiger partial charge in [0, 0.05) is 13.1 Å². The summed E-state index contributed by atoms with van der Waals surface area (Å²) in [5.41, 5.74) is 0. The lowest BCUT2D eigenvalue weighted by molar-refractivity contribution is 0.388. The second kappa shape index (κ2) is 4.62. The molecule has 1 fully saturated rings. The second-order valence-corrected chi connectivity index (χ2v) is 6.56. The first-order chi connectivity index (χ1) is 6.47. The molecule has 1 heterocycles. The Bertz CT molecular complexity index is 272. The van der Waals surface area contributed by atoms with E-state index >= 15 is 0 Å². The van der Waals surface area contributed by atoms with Crippen molar-refractivity contribution >= 4 is 10.0 Å². The Morgan fingerprint density at radius 3 is 2.50 bits per heavy atom. The van der Waals surface area contributed by atoms with Crippen LogP contribution in [0.15, 0.2) is 0 Å². The molecule has 4 heteroatoms. The molecular formula is C10H21NO2S. The maximum absolute atomic E-state index is 11.7. The normalized spacial score (nSPS) is 24.7. The molecule has 0 N–H and O–H groups in total. The summed E-state index contributed by atoms with van der Waals surface area (Å²) in [5.74, 6) is 1.45. The average molecular weight is 219 g/mol. The van der Waals surface area contributed by atoms with E-state index in [2.05, 4.69) is 13.8 Å². The maximum atomic E-state index is 11.7. The van der Waals surface area contributed by atoms with Crippen molar-refractivity contribution in [3.63, 3.8) is 0 Å². The number of rotatable bonds is 4. The highest BCUT2D eigenvalue weighted by molar-refractivity contribution is 7.89. The number of hydrogen-bond acceptors (Lipinski definition) is 2. The van der Waals surface area contributed by atoms with Crippen LogP contribution in [-0.2, 0) is 10.0 Å². The first kappa shape index (κ1) is 12.0. The van der Waals surface area contributed by atoms with E-state index in [1.165, 1.54) is 0 Å². The Balaban J connectivity index is 2.58. The van der Waals surface area contributed by atoms with Crippen LogP contribution >= 0.6 is 0 Å². The van der Waals surface area contributed by atoms with Crippen LogP contribution in [0, 0.1) is 11.8 Å². The topological polar surface area (TPSA) is 37.4 Å². The van der Waals surface area contributed by atoms with Gasteiger partial charge in [-0.05, 0) is 24.7 Å². The molecule has 84 valence electrons. The lowest BCUT2D eigenvalue weighted by Gasteiger charge is -2.17. The van der Waals surface area contributed by atoms with Gasteiger partial charge in [-0.1, -0.05) is 20.8 Å². The van der Waals surface area contributed by atoms with Crippen molar-refractivity contribution in [1.82, 2.24) is 4.31 Å². The fourth-order valence-electron chi connectivity index (χ4n) is 1.94. The van der Waals surface area contributed by atoms with Crippen LogP contribution < -0.4 is 0 Å². The predicted octanol–water partition coefficient (Wildman–Crippen LogP) is 1.70. The standard InChI is InChI=1S/C10H21NO2S/c1-4-7-14(12,13)11-6-5-10(8-11)9(2)3/h9-10H,4-8H2,1-3H3. The van der Waals surface area contributed by atoms with Crippen LogP contribution in [0.1, 0.15) is 33.6 Å². The van der Waals surface area contributed by atoms with Gasteiger partial charge in [0.15, 0.2) is 0 Å². The third-order valence-corrected chi connectivity index (χ3v) is 5.03. The van der Waals surface area contributed by atoms with Crippen molar-refractivity contribution in [2.75, 3.05) is 18.8 Å². The van der Waals surface area contributed by atoms with Crippen LogP contribution in [0.4, 0.5) is 0 Å². The molecule has 1 aliphatic rings. The average Bonchev–Trinajstić information content (AvgIpc) is 2.51. The Labute approximate surface area is 87.5 Å². The predicted molar refractivity (Wildman–Crippen MR) is 58.6 cm³/mol. The van der Waals surface area contributed by atoms with Gasteiger partial charge in [0.25, 0.3) is 0 Å². The van der Waals surface area contributed by atoms with E-state index in [1.54, 1.807) is 4.31 Å². The molecule has 1 atom stereocenters. The molecule has 0 aromatic carbocycles. The minimum atomic E-state index is -2.94. The summed E-state index contributed by atoms with van der Waals surface area (Å²) in [7, 11) is -2.94. The SMILES string of the molecule is CCCS(=O)(=O)N1CCC(C(C)C)C1. The fraction of sp³-hybridized carbons (Fsp3) is 1.00. The third-order valence-electron chi connectivity index (χ3n) is 2.99. The fourth-order valence-corrected chi connectivity index (χ4v) is 3.51. The Hall–Kier alpha value is -0.0900. The zero-order chi connectivity index (χ0) is 10.8. The molecule has 0 radical (unpaired) electrons. The largest absolute Gasteiger partial charge is 0.214 e. The van der Waals surface area contributed by atoms with Gasteiger partial charge >= 0.3 is 0 Å². The smallest absolute Gasteiger partial charge is 0.212 e. The van der Waals surface area contributed by atoms with E-state index in [9.17, 15) is 8.42 Å². The molecule has 0 saturated carbocycles. The zero-order valence-electron chi connectivity index (χ0n) is 9.36. The van der Waals surface area contributed by atoms with E-state index in [4.69, 9.17) is 0 Å². The Kier molecular flexibility index (Phi) is 3.95. The van der Waals surface area contributed by atoms with Crippen LogP contribution in [-0.4, -0.2) is 31.6 Å². The van der Waals surface area contributed by atoms with E-state index in [0.717, 1.165) is 19.5 Å². The van der Waals surface area contributed by atoms with Crippen LogP contribution in [0.5, 0.6) is 0 Å². The quantitative estimate of drug-likeness (QED) is 0.722. The second-order valence-electron chi connectivity index (χ2n) is 4.47. The van der Waals surface area contributed by atoms with Gasteiger partial charge in [-0.3, -0.25) is 0 Å². The Morgan fingerprint density at radius 1 is 1.43 bits per heavy atom. The molecule has 0 aliphatic carbocycles. The van der Waals surface area contributed by atoms with Crippen molar-refractivity contribution in [3.8, 4) is 0 Å². The van der Waals surface area contributed by atoms with Gasteiger partial charge in [-0.25, -0.2) is 12.7 Å². The molecule has 0 amide bonds. The molecule has 0 spiro atoms. The summed E-state index contributed by atoms with van der Waals surface area (Å²) in [4.78, 5) is 0. The Morgan fingerprint density at radius 2 is 2.07 bits per heavy atom. The van der Waals surface area contributed by atoms with Gasteiger partial charge in [-0.15, -0.1) is 0 Å². The van der Waals surface area contributed by atoms with E-state index in [1.807, 2.05) is 6.92 Å². The number of nitrogens with zero attached hydrogens (tertiary/aromatic N) is 1. The monoisotopic (exact) mass is 219 g/mol. The highest BCUT2D eigenvalue weighted by Crippen LogP contribution is 2.25. The molecule has 3 nitrogen and oxygen atoms in total. The van der Waals surface area contributed by atoms with Crippen molar-refractivity contribution in [2.45, 2.75) is 33.6 Å². The first-order valence-electron chi connectivity index (χ1n) is 5.45. The van der Waals surface area contributed by atoms with Crippen molar-refractivity contribution in [1.29, 1.82) is 0 Å². The summed E-state index contributed by atoms with van der Waals surface area (Å²) in [6.45, 7) is 7.71. The molecule has 1 unspecified atom stereocenters. The molecule has 0 aromatic heterocycles. The highest BCUT2D eigenvalue weighted by atomic mass is 32.2. The molecule has 1 rings (SSSR count). The molecule has 1 saturated heterocycles. The maximum Gasteiger partial charge on any atom is 0.214 e. The van der Waals surface area contributed by atoms with E-state index in [-0.39, 0.29) is 0 Å². The molecule has 14 heavy (non-hydrogen) atoms. The molecule has 0 aromatic rings. The summed E-state index contributed by atoms with van der Waals surface area (Å²) in [5, 5.41) is 0. The first-order valence-corrected chi connectivity index (χ1v) is 7.06. The van der Waals surface area contributed by atoms with Crippen molar-refractivity contribution in [3.05, 3.63) is 0 Å². The lowest BCUT2D eigenvalue weighted by Crippen LogP contribution is -2.31. The van der Waals surface area contributed by atoms with Crippen LogP contribution in [0.3, 0.4) is 0 Å². The minimum absolute atomic E-state index is 0.303. The van der Waals surface area contributed by atoms with E-state index < -0.39 is 10.0 Å². The van der Waals surface area contributed by atoms with Gasteiger partial charge in [0.1, 0.15) is 0 Å². The van der Waals surface area contributed by atoms with E-state index in [0.29, 0.717) is 24.0 Å². The molecular weight excluding hydrogens is 198 g/mol. The third kappa shape index (κ3) is 2.70. The van der Waals surface area contributed by atoms with Gasteiger partial charge in [0.05, 0.1) is 5.75 Å². The molecule has 0 bridgehead atoms.